The number of ketones is 5. The Morgan fingerprint density at radius 3 is 1.26 bits per heavy atom. The average Bonchev–Trinajstić information content (AvgIpc) is 3.54. The zero-order valence-corrected chi connectivity index (χ0v) is 25.9. The molecule has 4 aromatic rings. The quantitative estimate of drug-likeness (QED) is 0.225. The van der Waals surface area contributed by atoms with Crippen molar-refractivity contribution in [2.75, 3.05) is 37.1 Å². The monoisotopic (exact) mass is 672 g/mol. The highest BCUT2D eigenvalue weighted by Gasteiger charge is 2.45. The second kappa shape index (κ2) is 11.8. The molecule has 8 rings (SSSR count). The molecule has 13 heteroatoms. The summed E-state index contributed by atoms with van der Waals surface area (Å²) in [6.07, 6.45) is 0. The number of carbonyl (C=O) groups is 7. The minimum atomic E-state index is -1.66. The van der Waals surface area contributed by atoms with Crippen molar-refractivity contribution in [1.29, 1.82) is 0 Å². The Morgan fingerprint density at radius 2 is 0.840 bits per heavy atom. The second-order valence-electron chi connectivity index (χ2n) is 11.9. The Balaban J connectivity index is 0.984. The molecule has 2 amide bonds. The number of amides is 2. The lowest BCUT2D eigenvalue weighted by Crippen LogP contribution is -2.31. The van der Waals surface area contributed by atoms with E-state index in [0.717, 1.165) is 0 Å². The number of benzene rings is 4. The molecule has 2 N–H and O–H groups in total. The molecular formula is C37H24N2O11. The topological polar surface area (TPSA) is 180 Å². The number of rotatable bonds is 6. The fourth-order valence-corrected chi connectivity index (χ4v) is 6.38. The van der Waals surface area contributed by atoms with Gasteiger partial charge in [-0.2, -0.15) is 0 Å². The Bertz CT molecular complexity index is 2090. The molecule has 0 saturated heterocycles. The van der Waals surface area contributed by atoms with Crippen molar-refractivity contribution in [3.05, 3.63) is 106 Å². The van der Waals surface area contributed by atoms with Crippen molar-refractivity contribution in [3.63, 3.8) is 0 Å². The lowest BCUT2D eigenvalue weighted by Gasteiger charge is -2.19. The molecule has 4 aliphatic rings. The van der Waals surface area contributed by atoms with Crippen LogP contribution in [0.2, 0.25) is 0 Å². The zero-order chi connectivity index (χ0) is 34.7. The lowest BCUT2D eigenvalue weighted by atomic mass is 9.96. The van der Waals surface area contributed by atoms with Crippen molar-refractivity contribution in [3.8, 4) is 23.0 Å². The van der Waals surface area contributed by atoms with E-state index in [-0.39, 0.29) is 33.4 Å². The van der Waals surface area contributed by atoms with E-state index in [1.807, 2.05) is 0 Å². The third-order valence-corrected chi connectivity index (χ3v) is 8.82. The number of carbonyl (C=O) groups excluding carboxylic acids is 7. The van der Waals surface area contributed by atoms with Crippen molar-refractivity contribution in [2.24, 2.45) is 11.8 Å². The van der Waals surface area contributed by atoms with Gasteiger partial charge in [-0.25, -0.2) is 0 Å². The van der Waals surface area contributed by atoms with Crippen LogP contribution < -0.4 is 29.6 Å². The van der Waals surface area contributed by atoms with Crippen LogP contribution in [0.5, 0.6) is 23.0 Å². The number of hydrogen-bond acceptors (Lipinski definition) is 11. The van der Waals surface area contributed by atoms with Gasteiger partial charge in [0.05, 0.1) is 0 Å². The Morgan fingerprint density at radius 1 is 0.460 bits per heavy atom. The van der Waals surface area contributed by atoms with E-state index >= 15 is 0 Å². The standard InChI is InChI=1S/C37H24N2O11/c40-31(17-1-5-21-23(13-17)34(43)29(32(21)41)36(45)38-19-3-7-25-27(15-19)49-11-9-47-25)18-2-6-22-24(14-18)35(44)30(33(22)42)37(46)39-20-4-8-26-28(16-20)50-12-10-48-26/h1-8,13-16,29-30H,9-12H2,(H,38,45)(H,39,46). The molecule has 2 aliphatic carbocycles. The molecule has 248 valence electrons. The smallest absolute Gasteiger partial charge is 0.243 e. The fraction of sp³-hybridized carbons (Fsp3) is 0.162. The van der Waals surface area contributed by atoms with Gasteiger partial charge in [0, 0.05) is 56.9 Å². The summed E-state index contributed by atoms with van der Waals surface area (Å²) in [5, 5.41) is 5.16. The summed E-state index contributed by atoms with van der Waals surface area (Å²) in [5.41, 5.74) is 0.451. The van der Waals surface area contributed by atoms with Gasteiger partial charge in [0.25, 0.3) is 0 Å². The molecule has 4 aromatic carbocycles. The molecule has 2 atom stereocenters. The van der Waals surface area contributed by atoms with Crippen LogP contribution in [0, 0.1) is 11.8 Å². The maximum atomic E-state index is 13.6. The molecule has 0 saturated carbocycles. The maximum absolute atomic E-state index is 13.6. The summed E-state index contributed by atoms with van der Waals surface area (Å²) < 4.78 is 22.0. The van der Waals surface area contributed by atoms with Gasteiger partial charge in [-0.3, -0.25) is 33.6 Å². The normalized spacial score (nSPS) is 18.3. The van der Waals surface area contributed by atoms with Gasteiger partial charge in [0.1, 0.15) is 26.4 Å². The van der Waals surface area contributed by atoms with E-state index in [0.29, 0.717) is 60.8 Å². The van der Waals surface area contributed by atoms with Gasteiger partial charge in [0.15, 0.2) is 63.8 Å². The van der Waals surface area contributed by atoms with Gasteiger partial charge in [-0.15, -0.1) is 0 Å². The molecule has 2 aliphatic heterocycles. The molecule has 0 bridgehead atoms. The van der Waals surface area contributed by atoms with Crippen LogP contribution in [0.15, 0.2) is 72.8 Å². The van der Waals surface area contributed by atoms with Gasteiger partial charge in [-0.05, 0) is 48.5 Å². The largest absolute Gasteiger partial charge is 0.486 e. The third-order valence-electron chi connectivity index (χ3n) is 8.82. The Labute approximate surface area is 282 Å². The minimum Gasteiger partial charge on any atom is -0.486 e. The predicted octanol–water partition coefficient (Wildman–Crippen LogP) is 3.73. The van der Waals surface area contributed by atoms with E-state index in [9.17, 15) is 33.6 Å². The Kier molecular flexibility index (Phi) is 7.25. The first-order valence-corrected chi connectivity index (χ1v) is 15.6. The molecule has 2 unspecified atom stereocenters. The van der Waals surface area contributed by atoms with E-state index in [1.165, 1.54) is 48.5 Å². The first kappa shape index (κ1) is 30.7. The fourth-order valence-electron chi connectivity index (χ4n) is 6.38. The van der Waals surface area contributed by atoms with Crippen LogP contribution in [0.1, 0.15) is 57.4 Å². The van der Waals surface area contributed by atoms with Crippen molar-refractivity contribution in [1.82, 2.24) is 0 Å². The molecule has 0 radical (unpaired) electrons. The number of nitrogens with one attached hydrogen (secondary N) is 2. The predicted molar refractivity (Wildman–Crippen MR) is 173 cm³/mol. The van der Waals surface area contributed by atoms with Gasteiger partial charge < -0.3 is 29.6 Å². The number of anilines is 2. The summed E-state index contributed by atoms with van der Waals surface area (Å²) in [6.45, 7) is 1.45. The first-order chi connectivity index (χ1) is 24.2. The number of Topliss-reactive ketones (excluding diaryl/α,β-unsaturated/α-hetero) is 4. The number of ether oxygens (including phenoxy) is 4. The van der Waals surface area contributed by atoms with Crippen molar-refractivity contribution < 1.29 is 52.5 Å². The number of fused-ring (bicyclic) bond motifs is 4. The van der Waals surface area contributed by atoms with E-state index in [4.69, 9.17) is 18.9 Å². The Hall–Kier alpha value is -6.63. The van der Waals surface area contributed by atoms with E-state index in [1.54, 1.807) is 24.3 Å². The van der Waals surface area contributed by atoms with E-state index < -0.39 is 52.6 Å². The van der Waals surface area contributed by atoms with Crippen LogP contribution in [-0.2, 0) is 9.59 Å². The van der Waals surface area contributed by atoms with Crippen LogP contribution in [0.3, 0.4) is 0 Å². The highest BCUT2D eigenvalue weighted by atomic mass is 16.6. The molecule has 0 aromatic heterocycles. The highest BCUT2D eigenvalue weighted by molar-refractivity contribution is 6.38. The molecular weight excluding hydrogens is 648 g/mol. The van der Waals surface area contributed by atoms with Crippen molar-refractivity contribution >= 4 is 52.1 Å². The van der Waals surface area contributed by atoms with Gasteiger partial charge >= 0.3 is 0 Å². The first-order valence-electron chi connectivity index (χ1n) is 15.6. The second-order valence-corrected chi connectivity index (χ2v) is 11.9. The van der Waals surface area contributed by atoms with Gasteiger partial charge in [0.2, 0.25) is 11.8 Å². The van der Waals surface area contributed by atoms with E-state index in [2.05, 4.69) is 10.6 Å². The van der Waals surface area contributed by atoms with Gasteiger partial charge in [-0.1, -0.05) is 12.1 Å². The lowest BCUT2D eigenvalue weighted by molar-refractivity contribution is -0.118. The SMILES string of the molecule is O=C(c1ccc2c(c1)C(=O)C(C(=O)Nc1ccc3c(c1)OCCO3)C2=O)c1ccc2c(c1)C(=O)C(C(=O)Nc1ccc3c(c1)OCCO3)C2=O. The van der Waals surface area contributed by atoms with Crippen LogP contribution in [-0.4, -0.2) is 67.2 Å². The minimum absolute atomic E-state index is 0.00419. The van der Waals surface area contributed by atoms with Crippen LogP contribution in [0.4, 0.5) is 11.4 Å². The molecule has 0 fully saturated rings. The zero-order valence-electron chi connectivity index (χ0n) is 25.9. The van der Waals surface area contributed by atoms with Crippen molar-refractivity contribution in [2.45, 2.75) is 0 Å². The highest BCUT2D eigenvalue weighted by Crippen LogP contribution is 2.36. The summed E-state index contributed by atoms with van der Waals surface area (Å²) in [6, 6.07) is 17.2. The molecule has 50 heavy (non-hydrogen) atoms. The van der Waals surface area contributed by atoms with Crippen LogP contribution >= 0.6 is 0 Å². The number of hydrogen-bond donors (Lipinski definition) is 2. The summed E-state index contributed by atoms with van der Waals surface area (Å²) >= 11 is 0. The summed E-state index contributed by atoms with van der Waals surface area (Å²) in [4.78, 5) is 92.8. The maximum Gasteiger partial charge on any atom is 0.243 e. The molecule has 13 nitrogen and oxygen atoms in total. The third kappa shape index (κ3) is 5.07. The average molecular weight is 673 g/mol. The molecule has 2 heterocycles. The summed E-state index contributed by atoms with van der Waals surface area (Å²) in [7, 11) is 0. The summed E-state index contributed by atoms with van der Waals surface area (Å²) in [5.74, 6) is -6.71. The molecule has 0 spiro atoms. The van der Waals surface area contributed by atoms with Crippen LogP contribution in [0.25, 0.3) is 0 Å².